The highest BCUT2D eigenvalue weighted by Gasteiger charge is 2.15. The van der Waals surface area contributed by atoms with Gasteiger partial charge in [0.15, 0.2) is 0 Å². The molecule has 0 bridgehead atoms. The Bertz CT molecular complexity index is 302. The first-order valence-electron chi connectivity index (χ1n) is 4.87. The SMILES string of the molecule is CCC(CN)C(=O)Cc1cnn(C)c1. The van der Waals surface area contributed by atoms with Crippen molar-refractivity contribution in [1.82, 2.24) is 9.78 Å². The van der Waals surface area contributed by atoms with Crippen LogP contribution in [0.4, 0.5) is 0 Å². The number of rotatable bonds is 5. The van der Waals surface area contributed by atoms with E-state index in [1.165, 1.54) is 0 Å². The van der Waals surface area contributed by atoms with Crippen LogP contribution in [0.2, 0.25) is 0 Å². The molecule has 1 aromatic heterocycles. The second-order valence-electron chi connectivity index (χ2n) is 3.51. The summed E-state index contributed by atoms with van der Waals surface area (Å²) in [5, 5.41) is 4.01. The molecule has 0 amide bonds. The molecule has 0 aliphatic carbocycles. The Hall–Kier alpha value is -1.16. The Morgan fingerprint density at radius 3 is 2.86 bits per heavy atom. The lowest BCUT2D eigenvalue weighted by Crippen LogP contribution is -2.24. The van der Waals surface area contributed by atoms with Crippen LogP contribution < -0.4 is 5.73 Å². The van der Waals surface area contributed by atoms with Gasteiger partial charge in [-0.05, 0) is 12.0 Å². The summed E-state index contributed by atoms with van der Waals surface area (Å²) in [4.78, 5) is 11.7. The Morgan fingerprint density at radius 2 is 2.43 bits per heavy atom. The number of carbonyl (C=O) groups excluding carboxylic acids is 1. The van der Waals surface area contributed by atoms with Crippen molar-refractivity contribution < 1.29 is 4.79 Å². The lowest BCUT2D eigenvalue weighted by Gasteiger charge is -2.09. The van der Waals surface area contributed by atoms with Gasteiger partial charge in [0.25, 0.3) is 0 Å². The third kappa shape index (κ3) is 2.67. The van der Waals surface area contributed by atoms with Gasteiger partial charge in [0, 0.05) is 32.1 Å². The number of aryl methyl sites for hydroxylation is 1. The maximum atomic E-state index is 11.7. The number of hydrogen-bond acceptors (Lipinski definition) is 3. The normalized spacial score (nSPS) is 12.8. The highest BCUT2D eigenvalue weighted by atomic mass is 16.1. The van der Waals surface area contributed by atoms with Gasteiger partial charge < -0.3 is 5.73 Å². The second kappa shape index (κ2) is 4.91. The molecule has 0 radical (unpaired) electrons. The first-order chi connectivity index (χ1) is 6.67. The number of ketones is 1. The van der Waals surface area contributed by atoms with E-state index in [9.17, 15) is 4.79 Å². The zero-order valence-corrected chi connectivity index (χ0v) is 8.73. The van der Waals surface area contributed by atoms with Gasteiger partial charge in [0.1, 0.15) is 5.78 Å². The molecule has 2 N–H and O–H groups in total. The van der Waals surface area contributed by atoms with Crippen molar-refractivity contribution >= 4 is 5.78 Å². The molecule has 0 fully saturated rings. The Labute approximate surface area is 84.1 Å². The molecule has 1 aromatic rings. The molecule has 1 heterocycles. The topological polar surface area (TPSA) is 60.9 Å². The van der Waals surface area contributed by atoms with Gasteiger partial charge >= 0.3 is 0 Å². The van der Waals surface area contributed by atoms with Crippen LogP contribution in [0.15, 0.2) is 12.4 Å². The van der Waals surface area contributed by atoms with Gasteiger partial charge in [-0.2, -0.15) is 5.10 Å². The Kier molecular flexibility index (Phi) is 3.83. The molecule has 0 spiro atoms. The molecule has 0 aromatic carbocycles. The smallest absolute Gasteiger partial charge is 0.141 e. The highest BCUT2D eigenvalue weighted by molar-refractivity contribution is 5.83. The standard InChI is InChI=1S/C10H17N3O/c1-3-9(5-11)10(14)4-8-6-12-13(2)7-8/h6-7,9H,3-5,11H2,1-2H3. The van der Waals surface area contributed by atoms with Crippen LogP contribution in [0.25, 0.3) is 0 Å². The van der Waals surface area contributed by atoms with Crippen molar-refractivity contribution in [2.45, 2.75) is 19.8 Å². The van der Waals surface area contributed by atoms with Crippen LogP contribution in [0.3, 0.4) is 0 Å². The summed E-state index contributed by atoms with van der Waals surface area (Å²) in [6.45, 7) is 2.42. The van der Waals surface area contributed by atoms with E-state index in [0.29, 0.717) is 13.0 Å². The molecule has 4 nitrogen and oxygen atoms in total. The largest absolute Gasteiger partial charge is 0.330 e. The van der Waals surface area contributed by atoms with E-state index >= 15 is 0 Å². The Morgan fingerprint density at radius 1 is 1.71 bits per heavy atom. The lowest BCUT2D eigenvalue weighted by atomic mass is 9.97. The summed E-state index contributed by atoms with van der Waals surface area (Å²) < 4.78 is 1.70. The summed E-state index contributed by atoms with van der Waals surface area (Å²) in [6.07, 6.45) is 4.85. The molecule has 0 aliphatic rings. The average Bonchev–Trinajstić information content (AvgIpc) is 2.53. The number of carbonyl (C=O) groups is 1. The van der Waals surface area contributed by atoms with Gasteiger partial charge in [0.2, 0.25) is 0 Å². The summed E-state index contributed by atoms with van der Waals surface area (Å²) in [5.41, 5.74) is 6.46. The molecule has 4 heteroatoms. The predicted octanol–water partition coefficient (Wildman–Crippen LogP) is 0.517. The third-order valence-electron chi connectivity index (χ3n) is 2.37. The lowest BCUT2D eigenvalue weighted by molar-refractivity contribution is -0.122. The molecule has 1 unspecified atom stereocenters. The van der Waals surface area contributed by atoms with E-state index in [-0.39, 0.29) is 11.7 Å². The van der Waals surface area contributed by atoms with Crippen molar-refractivity contribution in [3.8, 4) is 0 Å². The summed E-state index contributed by atoms with van der Waals surface area (Å²) in [6, 6.07) is 0. The quantitative estimate of drug-likeness (QED) is 0.745. The minimum absolute atomic E-state index is 0.00444. The molecule has 1 rings (SSSR count). The van der Waals surface area contributed by atoms with Crippen molar-refractivity contribution in [3.63, 3.8) is 0 Å². The van der Waals surface area contributed by atoms with Crippen LogP contribution in [0.5, 0.6) is 0 Å². The van der Waals surface area contributed by atoms with Crippen molar-refractivity contribution in [2.75, 3.05) is 6.54 Å². The zero-order valence-electron chi connectivity index (χ0n) is 8.73. The molecule has 1 atom stereocenters. The van der Waals surface area contributed by atoms with Crippen LogP contribution in [-0.4, -0.2) is 22.1 Å². The number of nitrogens with zero attached hydrogens (tertiary/aromatic N) is 2. The van der Waals surface area contributed by atoms with Crippen LogP contribution >= 0.6 is 0 Å². The molecule has 0 saturated carbocycles. The van der Waals surface area contributed by atoms with Gasteiger partial charge in [-0.3, -0.25) is 9.48 Å². The minimum atomic E-state index is -0.00444. The maximum absolute atomic E-state index is 11.7. The fourth-order valence-corrected chi connectivity index (χ4v) is 1.43. The molecular weight excluding hydrogens is 178 g/mol. The Balaban J connectivity index is 2.56. The predicted molar refractivity (Wildman–Crippen MR) is 54.8 cm³/mol. The molecule has 78 valence electrons. The van der Waals surface area contributed by atoms with E-state index in [4.69, 9.17) is 5.73 Å². The molecule has 0 aliphatic heterocycles. The first-order valence-corrected chi connectivity index (χ1v) is 4.87. The van der Waals surface area contributed by atoms with Gasteiger partial charge in [-0.25, -0.2) is 0 Å². The zero-order chi connectivity index (χ0) is 10.6. The fourth-order valence-electron chi connectivity index (χ4n) is 1.43. The molecular formula is C10H17N3O. The monoisotopic (exact) mass is 195 g/mol. The fraction of sp³-hybridized carbons (Fsp3) is 0.600. The van der Waals surface area contributed by atoms with Gasteiger partial charge in [-0.15, -0.1) is 0 Å². The average molecular weight is 195 g/mol. The van der Waals surface area contributed by atoms with E-state index in [1.54, 1.807) is 10.9 Å². The van der Waals surface area contributed by atoms with Crippen molar-refractivity contribution in [2.24, 2.45) is 18.7 Å². The molecule has 14 heavy (non-hydrogen) atoms. The number of hydrogen-bond donors (Lipinski definition) is 1. The highest BCUT2D eigenvalue weighted by Crippen LogP contribution is 2.07. The number of Topliss-reactive ketones (excluding diaryl/α,β-unsaturated/α-hetero) is 1. The van der Waals surface area contributed by atoms with Crippen LogP contribution in [0.1, 0.15) is 18.9 Å². The number of aromatic nitrogens is 2. The van der Waals surface area contributed by atoms with Crippen molar-refractivity contribution in [3.05, 3.63) is 18.0 Å². The van der Waals surface area contributed by atoms with Crippen LogP contribution in [0, 0.1) is 5.92 Å². The number of nitrogens with two attached hydrogens (primary N) is 1. The third-order valence-corrected chi connectivity index (χ3v) is 2.37. The summed E-state index contributed by atoms with van der Waals surface area (Å²) in [5.74, 6) is 0.207. The second-order valence-corrected chi connectivity index (χ2v) is 3.51. The van der Waals surface area contributed by atoms with Gasteiger partial charge in [0.05, 0.1) is 6.20 Å². The first kappa shape index (κ1) is 10.9. The van der Waals surface area contributed by atoms with E-state index in [0.717, 1.165) is 12.0 Å². The van der Waals surface area contributed by atoms with Gasteiger partial charge in [-0.1, -0.05) is 6.92 Å². The van der Waals surface area contributed by atoms with Crippen molar-refractivity contribution in [1.29, 1.82) is 0 Å². The maximum Gasteiger partial charge on any atom is 0.141 e. The summed E-state index contributed by atoms with van der Waals surface area (Å²) in [7, 11) is 1.84. The summed E-state index contributed by atoms with van der Waals surface area (Å²) >= 11 is 0. The van der Waals surface area contributed by atoms with E-state index in [2.05, 4.69) is 5.10 Å². The van der Waals surface area contributed by atoms with E-state index in [1.807, 2.05) is 20.2 Å². The molecule has 0 saturated heterocycles. The van der Waals surface area contributed by atoms with E-state index < -0.39 is 0 Å². The minimum Gasteiger partial charge on any atom is -0.330 e. The van der Waals surface area contributed by atoms with Crippen LogP contribution in [-0.2, 0) is 18.3 Å².